The second kappa shape index (κ2) is 9.66. The lowest BCUT2D eigenvalue weighted by molar-refractivity contribution is 0.0636. The molecule has 4 atom stereocenters. The molecule has 3 nitrogen and oxygen atoms in total. The zero-order valence-corrected chi connectivity index (χ0v) is 21.6. The predicted octanol–water partition coefficient (Wildman–Crippen LogP) is 6.75. The van der Waals surface area contributed by atoms with Crippen molar-refractivity contribution >= 4 is 21.4 Å². The highest BCUT2D eigenvalue weighted by atomic mass is 31.1. The molecule has 1 aliphatic carbocycles. The lowest BCUT2D eigenvalue weighted by Gasteiger charge is -2.41. The van der Waals surface area contributed by atoms with Gasteiger partial charge in [-0.15, -0.1) is 0 Å². The van der Waals surface area contributed by atoms with E-state index in [9.17, 15) is 9.67 Å². The quantitative estimate of drug-likeness (QED) is 0.399. The van der Waals surface area contributed by atoms with Crippen molar-refractivity contribution in [2.75, 3.05) is 0 Å². The van der Waals surface area contributed by atoms with Crippen LogP contribution in [0.4, 0.5) is 0 Å². The van der Waals surface area contributed by atoms with Gasteiger partial charge in [-0.25, -0.2) is 0 Å². The van der Waals surface area contributed by atoms with Gasteiger partial charge in [0, 0.05) is 18.1 Å². The highest BCUT2D eigenvalue weighted by Crippen LogP contribution is 2.54. The maximum Gasteiger partial charge on any atom is 0.390 e. The van der Waals surface area contributed by atoms with Gasteiger partial charge in [0.05, 0.1) is 0 Å². The molecular formula is C26H38O3PSi+. The van der Waals surface area contributed by atoms with Gasteiger partial charge in [0.15, 0.2) is 13.6 Å². The van der Waals surface area contributed by atoms with E-state index in [1.165, 1.54) is 0 Å². The van der Waals surface area contributed by atoms with Gasteiger partial charge in [0.1, 0.15) is 6.10 Å². The first-order chi connectivity index (χ1) is 14.6. The minimum Gasteiger partial charge on any atom is -0.414 e. The minimum atomic E-state index is -1.87. The Kier molecular flexibility index (Phi) is 7.58. The van der Waals surface area contributed by atoms with Crippen molar-refractivity contribution in [3.63, 3.8) is 0 Å². The fourth-order valence-electron chi connectivity index (χ4n) is 4.42. The summed E-state index contributed by atoms with van der Waals surface area (Å²) in [5, 5.41) is 11.8. The van der Waals surface area contributed by atoms with Gasteiger partial charge >= 0.3 is 7.80 Å². The molecular weight excluding hydrogens is 419 g/mol. The monoisotopic (exact) mass is 457 g/mol. The van der Waals surface area contributed by atoms with Crippen LogP contribution < -0.4 is 5.30 Å². The predicted molar refractivity (Wildman–Crippen MR) is 133 cm³/mol. The van der Waals surface area contributed by atoms with Crippen molar-refractivity contribution in [3.05, 3.63) is 66.2 Å². The maximum absolute atomic E-state index is 14.0. The van der Waals surface area contributed by atoms with E-state index in [2.05, 4.69) is 33.9 Å². The third-order valence-electron chi connectivity index (χ3n) is 7.29. The molecule has 2 unspecified atom stereocenters. The molecule has 2 aromatic carbocycles. The lowest BCUT2D eigenvalue weighted by Crippen LogP contribution is -2.46. The molecule has 0 saturated heterocycles. The Bertz CT molecular complexity index is 863. The van der Waals surface area contributed by atoms with Gasteiger partial charge in [-0.2, -0.15) is 0 Å². The molecule has 1 saturated carbocycles. The number of benzene rings is 2. The van der Waals surface area contributed by atoms with E-state index in [1.54, 1.807) is 0 Å². The van der Waals surface area contributed by atoms with Crippen LogP contribution in [-0.4, -0.2) is 25.6 Å². The third kappa shape index (κ3) is 5.20. The molecule has 31 heavy (non-hydrogen) atoms. The van der Waals surface area contributed by atoms with Crippen LogP contribution >= 0.6 is 7.80 Å². The zero-order chi connectivity index (χ0) is 22.7. The Morgan fingerprint density at radius 1 is 0.968 bits per heavy atom. The van der Waals surface area contributed by atoms with Crippen molar-refractivity contribution in [1.29, 1.82) is 0 Å². The number of hydrogen-bond donors (Lipinski definition) is 1. The Morgan fingerprint density at radius 2 is 1.55 bits per heavy atom. The van der Waals surface area contributed by atoms with Crippen LogP contribution in [0.2, 0.25) is 18.1 Å². The van der Waals surface area contributed by atoms with Crippen molar-refractivity contribution in [3.8, 4) is 0 Å². The summed E-state index contributed by atoms with van der Waals surface area (Å²) >= 11 is 0. The average Bonchev–Trinajstić information content (AvgIpc) is 2.73. The summed E-state index contributed by atoms with van der Waals surface area (Å²) in [6, 6.07) is 19.7. The van der Waals surface area contributed by atoms with Crippen molar-refractivity contribution in [1.82, 2.24) is 0 Å². The second-order valence-corrected chi connectivity index (χ2v) is 17.1. The molecule has 0 aromatic heterocycles. The van der Waals surface area contributed by atoms with Gasteiger partial charge < -0.3 is 9.53 Å². The van der Waals surface area contributed by atoms with E-state index in [4.69, 9.17) is 4.43 Å². The number of hydrogen-bond acceptors (Lipinski definition) is 3. The standard InChI is InChI=1S/C26H38O3PSi/c1-25(2,3)31(4,5)29-22-15-12-20-26(24(27)19-18-22,21-13-8-6-9-14-21)30(28)23-16-10-7-11-17-23/h6-11,13-14,16-17,22,24,27H,12,15,18-20H2,1-5H3/q+1/t22?,24-,26-/m1/s1. The first kappa shape index (κ1) is 24.3. The Hall–Kier alpha value is -1.32. The minimum absolute atomic E-state index is 0.165. The summed E-state index contributed by atoms with van der Waals surface area (Å²) in [5.74, 6) is 0. The van der Waals surface area contributed by atoms with Gasteiger partial charge in [-0.1, -0.05) is 73.9 Å². The number of aliphatic hydroxyl groups excluding tert-OH is 1. The molecule has 5 heteroatoms. The van der Waals surface area contributed by atoms with Crippen LogP contribution in [0.1, 0.15) is 58.4 Å². The van der Waals surface area contributed by atoms with E-state index in [0.29, 0.717) is 12.8 Å². The molecule has 1 N–H and O–H groups in total. The molecule has 0 heterocycles. The van der Waals surface area contributed by atoms with Crippen LogP contribution in [0.3, 0.4) is 0 Å². The lowest BCUT2D eigenvalue weighted by atomic mass is 9.82. The molecule has 3 rings (SSSR count). The Labute approximate surface area is 190 Å². The summed E-state index contributed by atoms with van der Waals surface area (Å²) in [5.41, 5.74) is 0.983. The van der Waals surface area contributed by atoms with E-state index in [1.807, 2.05) is 60.7 Å². The molecule has 1 aliphatic rings. The topological polar surface area (TPSA) is 46.5 Å². The van der Waals surface area contributed by atoms with E-state index in [-0.39, 0.29) is 11.1 Å². The third-order valence-corrected chi connectivity index (χ3v) is 14.1. The van der Waals surface area contributed by atoms with Crippen molar-refractivity contribution < 1.29 is 14.1 Å². The molecule has 2 aromatic rings. The van der Waals surface area contributed by atoms with E-state index >= 15 is 0 Å². The summed E-state index contributed by atoms with van der Waals surface area (Å²) in [7, 11) is -3.68. The molecule has 0 amide bonds. The summed E-state index contributed by atoms with van der Waals surface area (Å²) in [6.45, 7) is 11.4. The molecule has 0 bridgehead atoms. The second-order valence-electron chi connectivity index (χ2n) is 10.4. The van der Waals surface area contributed by atoms with Gasteiger partial charge in [0.2, 0.25) is 5.16 Å². The maximum atomic E-state index is 14.0. The Balaban J connectivity index is 1.90. The van der Waals surface area contributed by atoms with Crippen LogP contribution in [-0.2, 0) is 14.1 Å². The molecule has 0 aliphatic heterocycles. The van der Waals surface area contributed by atoms with Crippen molar-refractivity contribution in [2.45, 2.75) is 88.4 Å². The summed E-state index contributed by atoms with van der Waals surface area (Å²) < 4.78 is 20.7. The molecule has 1 fully saturated rings. The SMILES string of the molecule is CC(C)(C)[Si](C)(C)OC1CCC[C@](c2ccccc2)([P+](=O)c2ccccc2)[C@H](O)CC1. The zero-order valence-electron chi connectivity index (χ0n) is 19.7. The molecule has 168 valence electrons. The largest absolute Gasteiger partial charge is 0.414 e. The van der Waals surface area contributed by atoms with Gasteiger partial charge in [-0.05, 0) is 55.9 Å². The fraction of sp³-hybridized carbons (Fsp3) is 0.538. The van der Waals surface area contributed by atoms with Crippen LogP contribution in [0.15, 0.2) is 60.7 Å². The van der Waals surface area contributed by atoms with Gasteiger partial charge in [0.25, 0.3) is 0 Å². The highest BCUT2D eigenvalue weighted by molar-refractivity contribution is 7.54. The van der Waals surface area contributed by atoms with Gasteiger partial charge in [-0.3, -0.25) is 0 Å². The average molecular weight is 458 g/mol. The highest BCUT2D eigenvalue weighted by Gasteiger charge is 2.57. The smallest absolute Gasteiger partial charge is 0.390 e. The van der Waals surface area contributed by atoms with E-state index < -0.39 is 27.4 Å². The van der Waals surface area contributed by atoms with Crippen molar-refractivity contribution in [2.24, 2.45) is 0 Å². The summed E-state index contributed by atoms with van der Waals surface area (Å²) in [4.78, 5) is 0. The number of rotatable bonds is 5. The van der Waals surface area contributed by atoms with Crippen LogP contribution in [0.25, 0.3) is 0 Å². The van der Waals surface area contributed by atoms with E-state index in [0.717, 1.165) is 30.1 Å². The normalized spacial score (nSPS) is 26.1. The van der Waals surface area contributed by atoms with Crippen LogP contribution in [0.5, 0.6) is 0 Å². The fourth-order valence-corrected chi connectivity index (χ4v) is 7.89. The number of aliphatic hydroxyl groups is 1. The summed E-state index contributed by atoms with van der Waals surface area (Å²) in [6.07, 6.45) is 3.43. The first-order valence-electron chi connectivity index (χ1n) is 11.5. The Morgan fingerprint density at radius 3 is 2.13 bits per heavy atom. The first-order valence-corrected chi connectivity index (χ1v) is 15.7. The van der Waals surface area contributed by atoms with Crippen LogP contribution in [0, 0.1) is 0 Å². The molecule has 0 spiro atoms. The molecule has 0 radical (unpaired) electrons.